The van der Waals surface area contributed by atoms with E-state index < -0.39 is 0 Å². The number of benzene rings is 1. The molecule has 0 spiro atoms. The van der Waals surface area contributed by atoms with Crippen molar-refractivity contribution in [1.82, 2.24) is 0 Å². The third-order valence-electron chi connectivity index (χ3n) is 4.80. The molecule has 0 heterocycles. The third-order valence-corrected chi connectivity index (χ3v) is 4.80. The normalized spacial score (nSPS) is 12.1. The second-order valence-electron chi connectivity index (χ2n) is 7.16. The van der Waals surface area contributed by atoms with Crippen molar-refractivity contribution < 1.29 is 9.53 Å². The van der Waals surface area contributed by atoms with Gasteiger partial charge in [-0.2, -0.15) is 0 Å². The number of hydrogen-bond acceptors (Lipinski definition) is 3. The van der Waals surface area contributed by atoms with Crippen molar-refractivity contribution in [2.24, 2.45) is 0 Å². The zero-order chi connectivity index (χ0) is 17.1. The van der Waals surface area contributed by atoms with E-state index in [2.05, 4.69) is 47.6 Å². The number of carbonyl (C=O) groups excluding carboxylic acids is 1. The Balaban J connectivity index is 3.69. The first kappa shape index (κ1) is 18.4. The largest absolute Gasteiger partial charge is 0.426 e. The average molecular weight is 303 g/mol. The summed E-state index contributed by atoms with van der Waals surface area (Å²) in [6.07, 6.45) is 3.21. The smallest absolute Gasteiger partial charge is 0.308 e. The highest BCUT2D eigenvalue weighted by atomic mass is 16.5. The molecule has 0 saturated heterocycles. The molecule has 0 amide bonds. The van der Waals surface area contributed by atoms with Gasteiger partial charge < -0.3 is 10.1 Å². The summed E-state index contributed by atoms with van der Waals surface area (Å²) < 4.78 is 5.47. The van der Waals surface area contributed by atoms with Gasteiger partial charge >= 0.3 is 5.97 Å². The SMILES string of the molecule is CCC(C)(C)c1cc(C=N)c(OC(C)=O)c(C(C)(C)CC)c1. The number of esters is 1. The van der Waals surface area contributed by atoms with Crippen LogP contribution >= 0.6 is 0 Å². The van der Waals surface area contributed by atoms with Crippen molar-refractivity contribution in [2.75, 3.05) is 0 Å². The van der Waals surface area contributed by atoms with Crippen LogP contribution in [-0.2, 0) is 15.6 Å². The van der Waals surface area contributed by atoms with E-state index in [1.54, 1.807) is 0 Å². The van der Waals surface area contributed by atoms with Gasteiger partial charge in [-0.15, -0.1) is 0 Å². The quantitative estimate of drug-likeness (QED) is 0.457. The van der Waals surface area contributed by atoms with Gasteiger partial charge in [-0.1, -0.05) is 47.6 Å². The minimum absolute atomic E-state index is 0.0189. The van der Waals surface area contributed by atoms with Crippen molar-refractivity contribution in [3.05, 3.63) is 28.8 Å². The summed E-state index contributed by atoms with van der Waals surface area (Å²) in [4.78, 5) is 11.5. The summed E-state index contributed by atoms with van der Waals surface area (Å²) in [7, 11) is 0. The molecule has 0 fully saturated rings. The fourth-order valence-corrected chi connectivity index (χ4v) is 2.30. The van der Waals surface area contributed by atoms with Gasteiger partial charge in [-0.25, -0.2) is 0 Å². The molecule has 0 aliphatic rings. The van der Waals surface area contributed by atoms with Crippen molar-refractivity contribution in [3.8, 4) is 5.75 Å². The van der Waals surface area contributed by atoms with E-state index in [1.807, 2.05) is 6.07 Å². The van der Waals surface area contributed by atoms with Crippen LogP contribution in [0.5, 0.6) is 5.75 Å². The standard InChI is InChI=1S/C19H29NO2/c1-8-18(4,5)15-10-14(12-20)17(22-13(3)21)16(11-15)19(6,7)9-2/h10-12,20H,8-9H2,1-7H3. The Bertz CT molecular complexity index is 571. The number of rotatable bonds is 6. The van der Waals surface area contributed by atoms with Crippen molar-refractivity contribution in [1.29, 1.82) is 5.41 Å². The van der Waals surface area contributed by atoms with Crippen LogP contribution in [0.2, 0.25) is 0 Å². The Morgan fingerprint density at radius 1 is 1.14 bits per heavy atom. The molecule has 22 heavy (non-hydrogen) atoms. The molecule has 3 nitrogen and oxygen atoms in total. The lowest BCUT2D eigenvalue weighted by Gasteiger charge is -2.31. The highest BCUT2D eigenvalue weighted by Gasteiger charge is 2.29. The van der Waals surface area contributed by atoms with Gasteiger partial charge in [-0.3, -0.25) is 4.79 Å². The monoisotopic (exact) mass is 303 g/mol. The molecule has 1 N–H and O–H groups in total. The predicted molar refractivity (Wildman–Crippen MR) is 92.3 cm³/mol. The third kappa shape index (κ3) is 3.76. The van der Waals surface area contributed by atoms with E-state index >= 15 is 0 Å². The Hall–Kier alpha value is -1.64. The summed E-state index contributed by atoms with van der Waals surface area (Å²) in [5.74, 6) is 0.184. The van der Waals surface area contributed by atoms with Crippen LogP contribution < -0.4 is 4.74 Å². The summed E-state index contributed by atoms with van der Waals surface area (Å²) in [5.41, 5.74) is 2.75. The maximum Gasteiger partial charge on any atom is 0.308 e. The molecule has 0 radical (unpaired) electrons. The van der Waals surface area contributed by atoms with Gasteiger partial charge in [-0.05, 0) is 35.3 Å². The molecular weight excluding hydrogens is 274 g/mol. The molecule has 0 aliphatic heterocycles. The number of carbonyl (C=O) groups is 1. The molecule has 0 atom stereocenters. The van der Waals surface area contributed by atoms with Gasteiger partial charge in [0.15, 0.2) is 0 Å². The predicted octanol–water partition coefficient (Wildman–Crippen LogP) is 4.98. The fourth-order valence-electron chi connectivity index (χ4n) is 2.30. The Labute approximate surface area is 134 Å². The zero-order valence-corrected chi connectivity index (χ0v) is 15.0. The maximum atomic E-state index is 11.5. The Morgan fingerprint density at radius 2 is 1.68 bits per heavy atom. The lowest BCUT2D eigenvalue weighted by Crippen LogP contribution is -2.23. The molecule has 3 heteroatoms. The lowest BCUT2D eigenvalue weighted by molar-refractivity contribution is -0.131. The van der Waals surface area contributed by atoms with E-state index in [-0.39, 0.29) is 16.8 Å². The van der Waals surface area contributed by atoms with E-state index in [0.717, 1.165) is 18.4 Å². The first-order valence-corrected chi connectivity index (χ1v) is 7.97. The summed E-state index contributed by atoms with van der Waals surface area (Å²) in [6, 6.07) is 4.13. The minimum atomic E-state index is -0.348. The summed E-state index contributed by atoms with van der Waals surface area (Å²) >= 11 is 0. The molecule has 0 aliphatic carbocycles. The van der Waals surface area contributed by atoms with Crippen LogP contribution in [-0.4, -0.2) is 12.2 Å². The Morgan fingerprint density at radius 3 is 2.09 bits per heavy atom. The molecule has 1 rings (SSSR count). The number of hydrogen-bond donors (Lipinski definition) is 1. The van der Waals surface area contributed by atoms with Crippen LogP contribution in [0.1, 0.15) is 78.0 Å². The van der Waals surface area contributed by atoms with Crippen molar-refractivity contribution >= 4 is 12.2 Å². The molecular formula is C19H29NO2. The maximum absolute atomic E-state index is 11.5. The minimum Gasteiger partial charge on any atom is -0.426 e. The van der Waals surface area contributed by atoms with Gasteiger partial charge in [0, 0.05) is 24.3 Å². The molecule has 122 valence electrons. The van der Waals surface area contributed by atoms with Crippen LogP contribution in [0.4, 0.5) is 0 Å². The lowest BCUT2D eigenvalue weighted by atomic mass is 9.75. The molecule has 0 aromatic heterocycles. The highest BCUT2D eigenvalue weighted by molar-refractivity contribution is 5.85. The van der Waals surface area contributed by atoms with Gasteiger partial charge in [0.1, 0.15) is 5.75 Å². The van der Waals surface area contributed by atoms with Crippen LogP contribution in [0, 0.1) is 5.41 Å². The van der Waals surface area contributed by atoms with Crippen LogP contribution in [0.25, 0.3) is 0 Å². The highest BCUT2D eigenvalue weighted by Crippen LogP contribution is 2.40. The van der Waals surface area contributed by atoms with Crippen LogP contribution in [0.15, 0.2) is 12.1 Å². The van der Waals surface area contributed by atoms with E-state index in [4.69, 9.17) is 10.1 Å². The molecule has 0 bridgehead atoms. The first-order chi connectivity index (χ1) is 10.1. The topological polar surface area (TPSA) is 50.1 Å². The van der Waals surface area contributed by atoms with E-state index in [1.165, 1.54) is 18.7 Å². The van der Waals surface area contributed by atoms with Crippen molar-refractivity contribution in [3.63, 3.8) is 0 Å². The van der Waals surface area contributed by atoms with Crippen LogP contribution in [0.3, 0.4) is 0 Å². The second-order valence-corrected chi connectivity index (χ2v) is 7.16. The summed E-state index contributed by atoms with van der Waals surface area (Å²) in [5, 5.41) is 7.73. The summed E-state index contributed by atoms with van der Waals surface area (Å²) in [6.45, 7) is 14.4. The van der Waals surface area contributed by atoms with Gasteiger partial charge in [0.05, 0.1) is 0 Å². The second kappa shape index (κ2) is 6.64. The van der Waals surface area contributed by atoms with E-state index in [0.29, 0.717) is 11.3 Å². The number of nitrogens with one attached hydrogen (secondary N) is 1. The van der Waals surface area contributed by atoms with Gasteiger partial charge in [0.2, 0.25) is 0 Å². The van der Waals surface area contributed by atoms with Crippen molar-refractivity contribution in [2.45, 2.75) is 72.1 Å². The molecule has 0 unspecified atom stereocenters. The zero-order valence-electron chi connectivity index (χ0n) is 15.0. The average Bonchev–Trinajstić information content (AvgIpc) is 2.46. The van der Waals surface area contributed by atoms with Gasteiger partial charge in [0.25, 0.3) is 0 Å². The molecule has 1 aromatic rings. The fraction of sp³-hybridized carbons (Fsp3) is 0.579. The molecule has 0 saturated carbocycles. The van der Waals surface area contributed by atoms with E-state index in [9.17, 15) is 4.79 Å². The first-order valence-electron chi connectivity index (χ1n) is 7.97. The molecule has 1 aromatic carbocycles. The number of ether oxygens (including phenoxy) is 1. The Kier molecular flexibility index (Phi) is 5.55.